The van der Waals surface area contributed by atoms with Gasteiger partial charge in [0, 0.05) is 31.4 Å². The summed E-state index contributed by atoms with van der Waals surface area (Å²) in [6.07, 6.45) is 4.40. The molecule has 0 heterocycles. The van der Waals surface area contributed by atoms with Gasteiger partial charge in [-0.05, 0) is 96.0 Å². The fourth-order valence-electron chi connectivity index (χ4n) is 5.42. The normalized spacial score (nSPS) is 14.8. The topological polar surface area (TPSA) is 72.0 Å². The molecule has 222 valence electrons. The van der Waals surface area contributed by atoms with Crippen LogP contribution in [0.5, 0.6) is 23.0 Å². The van der Waals surface area contributed by atoms with Gasteiger partial charge in [-0.2, -0.15) is 0 Å². The van der Waals surface area contributed by atoms with Crippen LogP contribution in [0.3, 0.4) is 0 Å². The number of phenolic OH excluding ortho intramolecular Hbond substituents is 1. The molecule has 0 aromatic heterocycles. The Morgan fingerprint density at radius 1 is 0.927 bits per heavy atom. The third kappa shape index (κ3) is 8.52. The summed E-state index contributed by atoms with van der Waals surface area (Å²) in [7, 11) is 3.31. The van der Waals surface area contributed by atoms with Crippen molar-refractivity contribution in [2.75, 3.05) is 45.8 Å². The van der Waals surface area contributed by atoms with E-state index in [4.69, 9.17) is 14.2 Å². The van der Waals surface area contributed by atoms with E-state index in [-0.39, 0.29) is 11.2 Å². The Bertz CT molecular complexity index is 1300. The van der Waals surface area contributed by atoms with Crippen molar-refractivity contribution >= 4 is 5.69 Å². The smallest absolute Gasteiger partial charge is 0.165 e. The minimum atomic E-state index is -0.320. The second-order valence-corrected chi connectivity index (χ2v) is 12.1. The summed E-state index contributed by atoms with van der Waals surface area (Å²) in [5.74, 6) is 2.02. The lowest BCUT2D eigenvalue weighted by Crippen LogP contribution is -2.30. The van der Waals surface area contributed by atoms with E-state index in [9.17, 15) is 9.50 Å². The van der Waals surface area contributed by atoms with Crippen LogP contribution in [0.4, 0.5) is 10.1 Å². The molecule has 3 aromatic rings. The minimum absolute atomic E-state index is 0.205. The summed E-state index contributed by atoms with van der Waals surface area (Å²) >= 11 is 0. The third-order valence-electron chi connectivity index (χ3n) is 7.56. The van der Waals surface area contributed by atoms with Crippen LogP contribution >= 0.6 is 0 Å². The molecule has 4 rings (SSSR count). The van der Waals surface area contributed by atoms with Crippen LogP contribution in [-0.2, 0) is 19.3 Å². The highest BCUT2D eigenvalue weighted by molar-refractivity contribution is 5.62. The second-order valence-electron chi connectivity index (χ2n) is 12.1. The highest BCUT2D eigenvalue weighted by Gasteiger charge is 2.24. The first-order chi connectivity index (χ1) is 19.7. The third-order valence-corrected chi connectivity index (χ3v) is 7.56. The molecule has 6 nitrogen and oxygen atoms in total. The van der Waals surface area contributed by atoms with Crippen molar-refractivity contribution in [3.63, 3.8) is 0 Å². The average molecular weight is 565 g/mol. The van der Waals surface area contributed by atoms with Gasteiger partial charge in [-0.15, -0.1) is 0 Å². The maximum Gasteiger partial charge on any atom is 0.165 e. The Labute approximate surface area is 244 Å². The second kappa shape index (κ2) is 13.9. The molecule has 0 spiro atoms. The molecule has 3 N–H and O–H groups in total. The van der Waals surface area contributed by atoms with E-state index in [1.54, 1.807) is 32.4 Å². The monoisotopic (exact) mass is 564 g/mol. The Balaban J connectivity index is 1.35. The first kappa shape index (κ1) is 30.5. The molecule has 0 aliphatic heterocycles. The van der Waals surface area contributed by atoms with Crippen LogP contribution in [0.15, 0.2) is 48.5 Å². The van der Waals surface area contributed by atoms with Crippen molar-refractivity contribution < 1.29 is 23.7 Å². The lowest BCUT2D eigenvalue weighted by molar-refractivity contribution is 0.285. The van der Waals surface area contributed by atoms with Gasteiger partial charge >= 0.3 is 0 Å². The van der Waals surface area contributed by atoms with E-state index in [1.165, 1.54) is 16.7 Å². The molecule has 0 amide bonds. The van der Waals surface area contributed by atoms with Crippen LogP contribution in [0, 0.1) is 11.2 Å². The molecular weight excluding hydrogens is 519 g/mol. The lowest BCUT2D eigenvalue weighted by Gasteiger charge is -2.28. The summed E-state index contributed by atoms with van der Waals surface area (Å²) in [5, 5.41) is 16.8. The van der Waals surface area contributed by atoms with E-state index in [0.29, 0.717) is 42.1 Å². The zero-order valence-corrected chi connectivity index (χ0v) is 25.1. The van der Waals surface area contributed by atoms with Gasteiger partial charge in [0.15, 0.2) is 23.1 Å². The number of halogens is 1. The van der Waals surface area contributed by atoms with Crippen molar-refractivity contribution in [2.45, 2.75) is 58.8 Å². The standard InChI is InChI=1S/C34H45FN2O4/c1-34(2,3)22-36-15-16-41-31-13-8-23(17-29(31)35)7-6-14-37-30-21-33(40-5)32(39-4)20-28(30)26-10-9-25-19-27(38)12-11-24(25)18-26/h8,11-13,17,19-21,26,36-38H,6-7,9-10,14-16,18,22H2,1-5H3/t26-/m1/s1. The summed E-state index contributed by atoms with van der Waals surface area (Å²) in [4.78, 5) is 0. The number of methoxy groups -OCH3 is 2. The zero-order valence-electron chi connectivity index (χ0n) is 25.1. The van der Waals surface area contributed by atoms with Crippen LogP contribution in [0.2, 0.25) is 0 Å². The van der Waals surface area contributed by atoms with Gasteiger partial charge in [0.25, 0.3) is 0 Å². The molecule has 3 aromatic carbocycles. The Morgan fingerprint density at radius 2 is 1.71 bits per heavy atom. The van der Waals surface area contributed by atoms with E-state index >= 15 is 0 Å². The number of benzene rings is 3. The molecule has 0 saturated carbocycles. The largest absolute Gasteiger partial charge is 0.508 e. The van der Waals surface area contributed by atoms with Gasteiger partial charge in [-0.1, -0.05) is 32.9 Å². The van der Waals surface area contributed by atoms with Gasteiger partial charge in [0.05, 0.1) is 14.2 Å². The lowest BCUT2D eigenvalue weighted by atomic mass is 9.79. The van der Waals surface area contributed by atoms with Crippen molar-refractivity contribution in [2.24, 2.45) is 5.41 Å². The summed E-state index contributed by atoms with van der Waals surface area (Å²) < 4.78 is 31.5. The minimum Gasteiger partial charge on any atom is -0.508 e. The summed E-state index contributed by atoms with van der Waals surface area (Å²) in [5.41, 5.74) is 5.88. The number of fused-ring (bicyclic) bond motifs is 1. The fraction of sp³-hybridized carbons (Fsp3) is 0.471. The van der Waals surface area contributed by atoms with Crippen molar-refractivity contribution in [3.05, 3.63) is 76.6 Å². The number of phenols is 1. The molecule has 1 atom stereocenters. The molecule has 1 aliphatic rings. The van der Waals surface area contributed by atoms with E-state index in [1.807, 2.05) is 24.3 Å². The van der Waals surface area contributed by atoms with Crippen molar-refractivity contribution in [3.8, 4) is 23.0 Å². The van der Waals surface area contributed by atoms with E-state index < -0.39 is 0 Å². The first-order valence-corrected chi connectivity index (χ1v) is 14.6. The van der Waals surface area contributed by atoms with Gasteiger partial charge < -0.3 is 30.0 Å². The molecule has 0 radical (unpaired) electrons. The van der Waals surface area contributed by atoms with Crippen molar-refractivity contribution in [1.82, 2.24) is 5.32 Å². The average Bonchev–Trinajstić information content (AvgIpc) is 2.94. The van der Waals surface area contributed by atoms with Gasteiger partial charge in [-0.3, -0.25) is 0 Å². The number of hydrogen-bond acceptors (Lipinski definition) is 6. The molecular formula is C34H45FN2O4. The predicted molar refractivity (Wildman–Crippen MR) is 163 cm³/mol. The Morgan fingerprint density at radius 3 is 2.44 bits per heavy atom. The molecule has 7 heteroatoms. The SMILES string of the molecule is COc1cc(NCCCc2ccc(OCCNCC(C)(C)C)c(F)c2)c([C@@H]2CCc3cc(O)ccc3C2)cc1OC. The van der Waals surface area contributed by atoms with Crippen LogP contribution < -0.4 is 24.8 Å². The Hall–Kier alpha value is -3.45. The predicted octanol–water partition coefficient (Wildman–Crippen LogP) is 6.88. The maximum absolute atomic E-state index is 14.7. The highest BCUT2D eigenvalue weighted by atomic mass is 19.1. The molecule has 0 bridgehead atoms. The quantitative estimate of drug-likeness (QED) is 0.197. The molecule has 1 aliphatic carbocycles. The highest BCUT2D eigenvalue weighted by Crippen LogP contribution is 2.42. The fourth-order valence-corrected chi connectivity index (χ4v) is 5.42. The molecule has 0 unspecified atom stereocenters. The number of aromatic hydroxyl groups is 1. The van der Waals surface area contributed by atoms with E-state index in [2.05, 4.69) is 37.5 Å². The number of hydrogen-bond donors (Lipinski definition) is 3. The zero-order chi connectivity index (χ0) is 29.4. The van der Waals surface area contributed by atoms with Gasteiger partial charge in [-0.25, -0.2) is 4.39 Å². The van der Waals surface area contributed by atoms with Crippen molar-refractivity contribution in [1.29, 1.82) is 0 Å². The van der Waals surface area contributed by atoms with Gasteiger partial charge in [0.1, 0.15) is 12.4 Å². The number of rotatable bonds is 13. The van der Waals surface area contributed by atoms with E-state index in [0.717, 1.165) is 56.4 Å². The number of aryl methyl sites for hydroxylation is 2. The maximum atomic E-state index is 14.7. The molecule has 0 fully saturated rings. The molecule has 41 heavy (non-hydrogen) atoms. The number of ether oxygens (including phenoxy) is 3. The van der Waals surface area contributed by atoms with Crippen LogP contribution in [0.1, 0.15) is 61.8 Å². The number of nitrogens with one attached hydrogen (secondary N) is 2. The summed E-state index contributed by atoms with van der Waals surface area (Å²) in [6.45, 7) is 9.25. The van der Waals surface area contributed by atoms with Gasteiger partial charge in [0.2, 0.25) is 0 Å². The summed E-state index contributed by atoms with van der Waals surface area (Å²) in [6, 6.07) is 15.0. The Kier molecular flexibility index (Phi) is 10.4. The first-order valence-electron chi connectivity index (χ1n) is 14.6. The van der Waals surface area contributed by atoms with Crippen LogP contribution in [0.25, 0.3) is 0 Å². The number of anilines is 1. The molecule has 0 saturated heterocycles. The van der Waals surface area contributed by atoms with Crippen LogP contribution in [-0.4, -0.2) is 45.6 Å².